The molecule has 0 saturated heterocycles. The lowest BCUT2D eigenvalue weighted by molar-refractivity contribution is -0.116. The fourth-order valence-corrected chi connectivity index (χ4v) is 0.670. The van der Waals surface area contributed by atoms with E-state index >= 15 is 0 Å². The van der Waals surface area contributed by atoms with Gasteiger partial charge in [0.15, 0.2) is 0 Å². The molecule has 1 radical (unpaired) electrons. The van der Waals surface area contributed by atoms with E-state index in [1.54, 1.807) is 0 Å². The fraction of sp³-hybridized carbons (Fsp3) is 0.714. The Hall–Kier alpha value is -0.410. The van der Waals surface area contributed by atoms with Crippen molar-refractivity contribution in [2.45, 2.75) is 25.3 Å². The summed E-state index contributed by atoms with van der Waals surface area (Å²) in [5, 5.41) is 0. The number of rotatable bonds is 5. The number of carbonyl (C=O) groups excluding carboxylic acids is 1. The monoisotopic (exact) mass is 143 g/mol. The minimum Gasteiger partial charge on any atom is -0.330 e. The number of ketones is 1. The molecule has 59 valence electrons. The molecule has 0 aliphatic rings. The van der Waals surface area contributed by atoms with Gasteiger partial charge in [-0.2, -0.15) is 0 Å². The summed E-state index contributed by atoms with van der Waals surface area (Å²) in [6.07, 6.45) is 2.55. The molecule has 0 aromatic rings. The Bertz CT molecular complexity index is 104. The van der Waals surface area contributed by atoms with Gasteiger partial charge in [0.25, 0.3) is 0 Å². The van der Waals surface area contributed by atoms with Crippen LogP contribution in [0.2, 0.25) is 0 Å². The van der Waals surface area contributed by atoms with Gasteiger partial charge in [-0.05, 0) is 19.4 Å². The molecule has 0 aliphatic carbocycles. The molecule has 0 saturated carbocycles. The smallest absolute Gasteiger partial charge is 0.149 e. The van der Waals surface area contributed by atoms with Gasteiger partial charge in [0.1, 0.15) is 5.78 Å². The summed E-state index contributed by atoms with van der Waals surface area (Å²) < 4.78 is 0. The highest BCUT2D eigenvalue weighted by Gasteiger charge is 2.05. The molecule has 0 aromatic heterocycles. The zero-order chi connectivity index (χ0) is 7.98. The zero-order valence-electron chi connectivity index (χ0n) is 6.18. The van der Waals surface area contributed by atoms with E-state index in [-0.39, 0.29) is 11.8 Å². The summed E-state index contributed by atoms with van der Waals surface area (Å²) in [4.78, 5) is 10.5. The third-order valence-corrected chi connectivity index (χ3v) is 1.38. The number of nitrogens with two attached hydrogens (primary N) is 2. The Kier molecular flexibility index (Phi) is 5.16. The van der Waals surface area contributed by atoms with Gasteiger partial charge in [0, 0.05) is 6.92 Å². The SMILES string of the molecule is [CH2]C(=O)[C@@H](N)CCCCN. The van der Waals surface area contributed by atoms with E-state index in [1.165, 1.54) is 0 Å². The molecule has 0 aliphatic heterocycles. The molecule has 0 fully saturated rings. The summed E-state index contributed by atoms with van der Waals surface area (Å²) in [5.41, 5.74) is 10.7. The van der Waals surface area contributed by atoms with E-state index in [2.05, 4.69) is 6.92 Å². The van der Waals surface area contributed by atoms with Crippen LogP contribution in [0.5, 0.6) is 0 Å². The molecule has 3 nitrogen and oxygen atoms in total. The summed E-state index contributed by atoms with van der Waals surface area (Å²) >= 11 is 0. The van der Waals surface area contributed by atoms with Crippen LogP contribution in [-0.4, -0.2) is 18.4 Å². The Labute approximate surface area is 61.8 Å². The molecule has 4 N–H and O–H groups in total. The summed E-state index contributed by atoms with van der Waals surface area (Å²) in [6.45, 7) is 3.89. The molecule has 0 rings (SSSR count). The van der Waals surface area contributed by atoms with Crippen molar-refractivity contribution >= 4 is 5.78 Å². The standard InChI is InChI=1S/C7H15N2O/c1-6(10)7(9)4-2-3-5-8/h7H,1-5,8-9H2/t7-/m0/s1. The van der Waals surface area contributed by atoms with Crippen molar-refractivity contribution in [3.63, 3.8) is 0 Å². The molecule has 0 unspecified atom stereocenters. The van der Waals surface area contributed by atoms with E-state index in [1.807, 2.05) is 0 Å². The number of Topliss-reactive ketones (excluding diaryl/α,β-unsaturated/α-hetero) is 1. The quantitative estimate of drug-likeness (QED) is 0.526. The molecule has 0 aromatic carbocycles. The number of carbonyl (C=O) groups is 1. The first kappa shape index (κ1) is 9.59. The van der Waals surface area contributed by atoms with E-state index in [9.17, 15) is 4.79 Å². The second-order valence-corrected chi connectivity index (χ2v) is 2.36. The van der Waals surface area contributed by atoms with Crippen LogP contribution in [-0.2, 0) is 4.79 Å². The van der Waals surface area contributed by atoms with Crippen molar-refractivity contribution in [1.82, 2.24) is 0 Å². The van der Waals surface area contributed by atoms with Gasteiger partial charge in [-0.3, -0.25) is 4.79 Å². The highest BCUT2D eigenvalue weighted by atomic mass is 16.1. The van der Waals surface area contributed by atoms with Crippen molar-refractivity contribution in [2.75, 3.05) is 6.54 Å². The molecule has 0 amide bonds. The van der Waals surface area contributed by atoms with E-state index in [0.717, 1.165) is 12.8 Å². The first-order chi connectivity index (χ1) is 4.68. The third-order valence-electron chi connectivity index (χ3n) is 1.38. The summed E-state index contributed by atoms with van der Waals surface area (Å²) in [7, 11) is 0. The van der Waals surface area contributed by atoms with Crippen LogP contribution in [0, 0.1) is 6.92 Å². The van der Waals surface area contributed by atoms with Gasteiger partial charge in [0.2, 0.25) is 0 Å². The van der Waals surface area contributed by atoms with Crippen molar-refractivity contribution < 1.29 is 4.79 Å². The lowest BCUT2D eigenvalue weighted by Gasteiger charge is -2.05. The lowest BCUT2D eigenvalue weighted by Crippen LogP contribution is -2.28. The number of hydrogen-bond donors (Lipinski definition) is 2. The van der Waals surface area contributed by atoms with E-state index < -0.39 is 0 Å². The molecular formula is C7H15N2O. The zero-order valence-corrected chi connectivity index (χ0v) is 6.18. The molecule has 0 bridgehead atoms. The van der Waals surface area contributed by atoms with E-state index in [0.29, 0.717) is 13.0 Å². The van der Waals surface area contributed by atoms with Crippen molar-refractivity contribution in [2.24, 2.45) is 11.5 Å². The third kappa shape index (κ3) is 4.47. The lowest BCUT2D eigenvalue weighted by atomic mass is 10.1. The van der Waals surface area contributed by atoms with Crippen LogP contribution in [0.4, 0.5) is 0 Å². The van der Waals surface area contributed by atoms with Crippen molar-refractivity contribution in [3.8, 4) is 0 Å². The second-order valence-electron chi connectivity index (χ2n) is 2.36. The van der Waals surface area contributed by atoms with Gasteiger partial charge in [0.05, 0.1) is 6.04 Å². The molecular weight excluding hydrogens is 128 g/mol. The Balaban J connectivity index is 3.21. The highest BCUT2D eigenvalue weighted by Crippen LogP contribution is 1.97. The minimum atomic E-state index is -0.383. The topological polar surface area (TPSA) is 69.1 Å². The van der Waals surface area contributed by atoms with E-state index in [4.69, 9.17) is 11.5 Å². The maximum absolute atomic E-state index is 10.5. The predicted octanol–water partition coefficient (Wildman–Crippen LogP) is -0.154. The largest absolute Gasteiger partial charge is 0.330 e. The normalized spacial score (nSPS) is 13.1. The Morgan fingerprint density at radius 2 is 2.10 bits per heavy atom. The predicted molar refractivity (Wildman–Crippen MR) is 41.2 cm³/mol. The minimum absolute atomic E-state index is 0.183. The van der Waals surface area contributed by atoms with Crippen LogP contribution in [0.25, 0.3) is 0 Å². The first-order valence-electron chi connectivity index (χ1n) is 3.50. The van der Waals surface area contributed by atoms with Gasteiger partial charge < -0.3 is 11.5 Å². The number of unbranched alkanes of at least 4 members (excludes halogenated alkanes) is 1. The first-order valence-corrected chi connectivity index (χ1v) is 3.50. The maximum Gasteiger partial charge on any atom is 0.149 e. The highest BCUT2D eigenvalue weighted by molar-refractivity contribution is 5.87. The average molecular weight is 143 g/mol. The van der Waals surface area contributed by atoms with Crippen LogP contribution in [0.1, 0.15) is 19.3 Å². The molecule has 10 heavy (non-hydrogen) atoms. The fourth-order valence-electron chi connectivity index (χ4n) is 0.670. The van der Waals surface area contributed by atoms with Crippen LogP contribution >= 0.6 is 0 Å². The van der Waals surface area contributed by atoms with Gasteiger partial charge in [-0.15, -0.1) is 0 Å². The van der Waals surface area contributed by atoms with Crippen LogP contribution in [0.15, 0.2) is 0 Å². The molecule has 1 atom stereocenters. The number of hydrogen-bond acceptors (Lipinski definition) is 3. The van der Waals surface area contributed by atoms with Crippen molar-refractivity contribution in [1.29, 1.82) is 0 Å². The van der Waals surface area contributed by atoms with Gasteiger partial charge in [-0.1, -0.05) is 6.42 Å². The van der Waals surface area contributed by atoms with Gasteiger partial charge >= 0.3 is 0 Å². The molecule has 0 heterocycles. The van der Waals surface area contributed by atoms with Gasteiger partial charge in [-0.25, -0.2) is 0 Å². The van der Waals surface area contributed by atoms with Crippen LogP contribution < -0.4 is 11.5 Å². The molecule has 0 spiro atoms. The van der Waals surface area contributed by atoms with Crippen molar-refractivity contribution in [3.05, 3.63) is 6.92 Å². The summed E-state index contributed by atoms with van der Waals surface area (Å²) in [5.74, 6) is -0.183. The van der Waals surface area contributed by atoms with Crippen LogP contribution in [0.3, 0.4) is 0 Å². The maximum atomic E-state index is 10.5. The average Bonchev–Trinajstić information content (AvgIpc) is 1.88. The second kappa shape index (κ2) is 5.38. The Morgan fingerprint density at radius 3 is 2.50 bits per heavy atom. The molecule has 3 heteroatoms. The summed E-state index contributed by atoms with van der Waals surface area (Å²) in [6, 6.07) is -0.383. The Morgan fingerprint density at radius 1 is 1.50 bits per heavy atom.